The van der Waals surface area contributed by atoms with Gasteiger partial charge in [-0.3, -0.25) is 9.36 Å². The van der Waals surface area contributed by atoms with E-state index in [4.69, 9.17) is 5.73 Å². The van der Waals surface area contributed by atoms with Crippen molar-refractivity contribution in [2.75, 3.05) is 11.5 Å². The lowest BCUT2D eigenvalue weighted by molar-refractivity contribution is -0.0328. The fraction of sp³-hybridized carbons (Fsp3) is 0.250. The van der Waals surface area contributed by atoms with E-state index in [2.05, 4.69) is 0 Å². The summed E-state index contributed by atoms with van der Waals surface area (Å²) in [5.41, 5.74) is 1.05. The average molecular weight is 288 g/mol. The van der Waals surface area contributed by atoms with Gasteiger partial charge in [0.05, 0.1) is 0 Å². The van der Waals surface area contributed by atoms with Gasteiger partial charge in [0.2, 0.25) is 0 Å². The monoisotopic (exact) mass is 288 g/mol. The summed E-state index contributed by atoms with van der Waals surface area (Å²) < 4.78 is 37.3. The van der Waals surface area contributed by atoms with Crippen LogP contribution in [0.2, 0.25) is 0 Å². The Labute approximate surface area is 111 Å². The summed E-state index contributed by atoms with van der Waals surface area (Å²) in [6.07, 6.45) is 0. The van der Waals surface area contributed by atoms with Gasteiger partial charge in [-0.05, 0) is 29.3 Å². The predicted octanol–water partition coefficient (Wildman–Crippen LogP) is 2.84. The van der Waals surface area contributed by atoms with Crippen molar-refractivity contribution in [1.82, 2.24) is 4.57 Å². The van der Waals surface area contributed by atoms with Crippen LogP contribution >= 0.6 is 11.8 Å². The van der Waals surface area contributed by atoms with Crippen molar-refractivity contribution in [3.8, 4) is 0 Å². The van der Waals surface area contributed by atoms with Gasteiger partial charge in [-0.2, -0.15) is 13.2 Å². The van der Waals surface area contributed by atoms with Crippen molar-refractivity contribution < 1.29 is 13.2 Å². The first-order valence-corrected chi connectivity index (χ1v) is 6.46. The Morgan fingerprint density at radius 3 is 2.63 bits per heavy atom. The van der Waals surface area contributed by atoms with Crippen LogP contribution in [0.15, 0.2) is 35.1 Å². The third kappa shape index (κ3) is 3.23. The van der Waals surface area contributed by atoms with Crippen LogP contribution in [0.25, 0.3) is 10.8 Å². The van der Waals surface area contributed by atoms with E-state index in [0.717, 1.165) is 0 Å². The molecule has 19 heavy (non-hydrogen) atoms. The van der Waals surface area contributed by atoms with Crippen LogP contribution in [-0.2, 0) is 6.54 Å². The summed E-state index contributed by atoms with van der Waals surface area (Å²) in [5.74, 6) is -0.0714. The summed E-state index contributed by atoms with van der Waals surface area (Å²) >= 11 is -0.164. The molecule has 2 N–H and O–H groups in total. The number of nitrogens with two attached hydrogens (primary N) is 1. The summed E-state index contributed by atoms with van der Waals surface area (Å²) in [5, 5.41) is 1.14. The molecule has 0 aliphatic carbocycles. The molecule has 1 aromatic carbocycles. The van der Waals surface area contributed by atoms with E-state index >= 15 is 0 Å². The fourth-order valence-electron chi connectivity index (χ4n) is 1.80. The average Bonchev–Trinajstić information content (AvgIpc) is 2.32. The number of rotatable bonds is 3. The van der Waals surface area contributed by atoms with E-state index in [9.17, 15) is 18.0 Å². The van der Waals surface area contributed by atoms with Crippen LogP contribution in [0.3, 0.4) is 0 Å². The number of pyridine rings is 1. The van der Waals surface area contributed by atoms with Crippen molar-refractivity contribution >= 4 is 28.4 Å². The molecule has 1 heterocycles. The maximum absolute atomic E-state index is 12.1. The second kappa shape index (κ2) is 5.16. The van der Waals surface area contributed by atoms with Gasteiger partial charge in [0, 0.05) is 17.7 Å². The van der Waals surface area contributed by atoms with Crippen LogP contribution in [0, 0.1) is 0 Å². The van der Waals surface area contributed by atoms with E-state index in [1.165, 1.54) is 4.57 Å². The standard InChI is InChI=1S/C12H11F3N2OS/c13-12(14,15)19-6-5-17-10(16)7-8-3-1-2-4-9(8)11(17)18/h1-4,7H,5-6,16H2. The molecule has 0 aliphatic rings. The van der Waals surface area contributed by atoms with Crippen LogP contribution in [-0.4, -0.2) is 15.8 Å². The molecule has 0 saturated heterocycles. The maximum Gasteiger partial charge on any atom is 0.441 e. The minimum atomic E-state index is -4.30. The highest BCUT2D eigenvalue weighted by Crippen LogP contribution is 2.30. The number of thioether (sulfide) groups is 1. The molecule has 1 aromatic heterocycles. The van der Waals surface area contributed by atoms with Gasteiger partial charge in [0.1, 0.15) is 5.82 Å². The number of benzene rings is 1. The normalized spacial score (nSPS) is 11.9. The second-order valence-corrected chi connectivity index (χ2v) is 5.07. The smallest absolute Gasteiger partial charge is 0.385 e. The van der Waals surface area contributed by atoms with Crippen LogP contribution in [0.1, 0.15) is 0 Å². The molecule has 7 heteroatoms. The zero-order valence-corrected chi connectivity index (χ0v) is 10.6. The van der Waals surface area contributed by atoms with E-state index in [1.54, 1.807) is 30.3 Å². The number of alkyl halides is 3. The number of halogens is 3. The fourth-order valence-corrected chi connectivity index (χ4v) is 2.31. The first-order chi connectivity index (χ1) is 8.88. The molecule has 0 spiro atoms. The van der Waals surface area contributed by atoms with E-state index < -0.39 is 5.51 Å². The Hall–Kier alpha value is -1.63. The number of nitrogens with zero attached hydrogens (tertiary/aromatic N) is 1. The van der Waals surface area contributed by atoms with Crippen LogP contribution in [0.5, 0.6) is 0 Å². The topological polar surface area (TPSA) is 48.0 Å². The van der Waals surface area contributed by atoms with Crippen molar-refractivity contribution in [3.05, 3.63) is 40.7 Å². The molecule has 0 radical (unpaired) electrons. The Kier molecular flexibility index (Phi) is 3.75. The number of hydrogen-bond acceptors (Lipinski definition) is 3. The molecule has 0 unspecified atom stereocenters. The van der Waals surface area contributed by atoms with Gasteiger partial charge >= 0.3 is 5.51 Å². The maximum atomic E-state index is 12.1. The molecule has 0 aliphatic heterocycles. The predicted molar refractivity (Wildman–Crippen MR) is 71.1 cm³/mol. The van der Waals surface area contributed by atoms with Gasteiger partial charge in [-0.1, -0.05) is 18.2 Å². The SMILES string of the molecule is Nc1cc2ccccc2c(=O)n1CCSC(F)(F)F. The van der Waals surface area contributed by atoms with Crippen LogP contribution in [0.4, 0.5) is 19.0 Å². The van der Waals surface area contributed by atoms with Gasteiger partial charge < -0.3 is 5.73 Å². The van der Waals surface area contributed by atoms with E-state index in [1.807, 2.05) is 0 Å². The zero-order valence-electron chi connectivity index (χ0n) is 9.78. The highest BCUT2D eigenvalue weighted by Gasteiger charge is 2.27. The molecule has 2 aromatic rings. The van der Waals surface area contributed by atoms with Gasteiger partial charge in [0.25, 0.3) is 5.56 Å². The zero-order chi connectivity index (χ0) is 14.0. The van der Waals surface area contributed by atoms with Crippen molar-refractivity contribution in [1.29, 1.82) is 0 Å². The highest BCUT2D eigenvalue weighted by atomic mass is 32.2. The lowest BCUT2D eigenvalue weighted by atomic mass is 10.1. The third-order valence-corrected chi connectivity index (χ3v) is 3.35. The molecule has 0 fully saturated rings. The largest absolute Gasteiger partial charge is 0.441 e. The van der Waals surface area contributed by atoms with Crippen molar-refractivity contribution in [3.63, 3.8) is 0 Å². The van der Waals surface area contributed by atoms with Gasteiger partial charge in [-0.15, -0.1) is 0 Å². The number of aromatic nitrogens is 1. The van der Waals surface area contributed by atoms with Gasteiger partial charge in [-0.25, -0.2) is 0 Å². The van der Waals surface area contributed by atoms with Crippen LogP contribution < -0.4 is 11.3 Å². The quantitative estimate of drug-likeness (QED) is 0.944. The summed E-state index contributed by atoms with van der Waals surface area (Å²) in [6.45, 7) is -0.0698. The number of fused-ring (bicyclic) bond motifs is 1. The van der Waals surface area contributed by atoms with E-state index in [0.29, 0.717) is 10.8 Å². The second-order valence-electron chi connectivity index (χ2n) is 3.91. The van der Waals surface area contributed by atoms with Crippen molar-refractivity contribution in [2.45, 2.75) is 12.1 Å². The Morgan fingerprint density at radius 2 is 1.95 bits per heavy atom. The number of nitrogen functional groups attached to an aromatic ring is 1. The summed E-state index contributed by atoms with van der Waals surface area (Å²) in [4.78, 5) is 12.1. The third-order valence-electron chi connectivity index (χ3n) is 2.63. The van der Waals surface area contributed by atoms with E-state index in [-0.39, 0.29) is 35.4 Å². The first-order valence-electron chi connectivity index (χ1n) is 5.47. The Morgan fingerprint density at radius 1 is 1.26 bits per heavy atom. The number of hydrogen-bond donors (Lipinski definition) is 1. The molecule has 102 valence electrons. The minimum absolute atomic E-state index is 0.0698. The lowest BCUT2D eigenvalue weighted by Crippen LogP contribution is -2.24. The highest BCUT2D eigenvalue weighted by molar-refractivity contribution is 8.00. The van der Waals surface area contributed by atoms with Gasteiger partial charge in [0.15, 0.2) is 0 Å². The molecule has 2 rings (SSSR count). The lowest BCUT2D eigenvalue weighted by Gasteiger charge is -2.11. The summed E-state index contributed by atoms with van der Waals surface area (Å²) in [7, 11) is 0. The molecular formula is C12H11F3N2OS. The summed E-state index contributed by atoms with van der Waals surface area (Å²) in [6, 6.07) is 8.43. The molecular weight excluding hydrogens is 277 g/mol. The molecule has 0 saturated carbocycles. The number of anilines is 1. The Balaban J connectivity index is 2.31. The molecule has 0 bridgehead atoms. The molecule has 0 atom stereocenters. The Bertz CT molecular complexity index is 651. The molecule has 3 nitrogen and oxygen atoms in total. The minimum Gasteiger partial charge on any atom is -0.385 e. The molecule has 0 amide bonds. The first kappa shape index (κ1) is 13.8. The van der Waals surface area contributed by atoms with Crippen molar-refractivity contribution in [2.24, 2.45) is 0 Å².